The molecule has 146 valence electrons. The molecule has 1 heterocycles. The molecule has 1 saturated heterocycles. The van der Waals surface area contributed by atoms with Gasteiger partial charge < -0.3 is 4.90 Å². The molecular weight excluding hydrogens is 376 g/mol. The van der Waals surface area contributed by atoms with E-state index >= 15 is 0 Å². The van der Waals surface area contributed by atoms with E-state index in [9.17, 15) is 21.6 Å². The fourth-order valence-electron chi connectivity index (χ4n) is 3.15. The van der Waals surface area contributed by atoms with Crippen molar-refractivity contribution in [3.63, 3.8) is 0 Å². The van der Waals surface area contributed by atoms with E-state index in [1.807, 2.05) is 0 Å². The average molecular weight is 403 g/mol. The number of nitrogens with zero attached hydrogens (tertiary/aromatic N) is 2. The lowest BCUT2D eigenvalue weighted by Crippen LogP contribution is -2.42. The highest BCUT2D eigenvalue weighted by Crippen LogP contribution is 2.21. The number of carbonyl (C=O) groups excluding carboxylic acids is 1. The molecule has 1 aromatic carbocycles. The van der Waals surface area contributed by atoms with Crippen LogP contribution in [0, 0.1) is 0 Å². The molecule has 1 aliphatic rings. The molecule has 7 nitrogen and oxygen atoms in total. The monoisotopic (exact) mass is 402 g/mol. The Labute approximate surface area is 156 Å². The van der Waals surface area contributed by atoms with Crippen molar-refractivity contribution in [1.82, 2.24) is 9.21 Å². The van der Waals surface area contributed by atoms with Crippen LogP contribution in [-0.4, -0.2) is 69.6 Å². The van der Waals surface area contributed by atoms with E-state index in [-0.39, 0.29) is 10.8 Å². The van der Waals surface area contributed by atoms with Gasteiger partial charge in [0.15, 0.2) is 0 Å². The van der Waals surface area contributed by atoms with Crippen molar-refractivity contribution in [2.24, 2.45) is 0 Å². The van der Waals surface area contributed by atoms with Crippen molar-refractivity contribution in [1.29, 1.82) is 0 Å². The number of likely N-dealkylation sites (tertiary alicyclic amines) is 1. The maximum atomic E-state index is 12.6. The van der Waals surface area contributed by atoms with Crippen LogP contribution in [0.15, 0.2) is 29.2 Å². The smallest absolute Gasteiger partial charge is 0.253 e. The van der Waals surface area contributed by atoms with Gasteiger partial charge in [-0.2, -0.15) is 4.31 Å². The summed E-state index contributed by atoms with van der Waals surface area (Å²) in [4.78, 5) is 14.4. The minimum atomic E-state index is -3.55. The number of sulfone groups is 1. The molecule has 1 aromatic rings. The fourth-order valence-corrected chi connectivity index (χ4v) is 5.68. The minimum Gasteiger partial charge on any atom is -0.339 e. The third kappa shape index (κ3) is 4.44. The molecule has 0 bridgehead atoms. The normalized spacial score (nSPS) is 16.8. The van der Waals surface area contributed by atoms with Gasteiger partial charge in [0.1, 0.15) is 9.84 Å². The molecule has 0 unspecified atom stereocenters. The van der Waals surface area contributed by atoms with Gasteiger partial charge >= 0.3 is 0 Å². The molecule has 9 heteroatoms. The van der Waals surface area contributed by atoms with E-state index in [0.717, 1.165) is 0 Å². The van der Waals surface area contributed by atoms with Crippen molar-refractivity contribution >= 4 is 25.8 Å². The lowest BCUT2D eigenvalue weighted by Gasteiger charge is -2.31. The van der Waals surface area contributed by atoms with Gasteiger partial charge in [-0.1, -0.05) is 13.8 Å². The second-order valence-electron chi connectivity index (χ2n) is 6.43. The third-order valence-electron chi connectivity index (χ3n) is 4.78. The van der Waals surface area contributed by atoms with Gasteiger partial charge in [-0.15, -0.1) is 0 Å². The highest BCUT2D eigenvalue weighted by Gasteiger charge is 2.29. The molecule has 1 fully saturated rings. The summed E-state index contributed by atoms with van der Waals surface area (Å²) in [7, 11) is -6.63. The van der Waals surface area contributed by atoms with E-state index in [0.29, 0.717) is 44.6 Å². The van der Waals surface area contributed by atoms with Crippen LogP contribution in [0.2, 0.25) is 0 Å². The standard InChI is InChI=1S/C17H26N2O5S2/c1-4-19(5-2)26(23,24)16-8-6-14(7-9-16)17(20)18-12-10-15(11-13-18)25(3,21)22/h6-9,15H,4-5,10-13H2,1-3H3. The predicted molar refractivity (Wildman–Crippen MR) is 100 cm³/mol. The first-order chi connectivity index (χ1) is 12.1. The Balaban J connectivity index is 2.10. The van der Waals surface area contributed by atoms with Crippen molar-refractivity contribution in [3.05, 3.63) is 29.8 Å². The van der Waals surface area contributed by atoms with E-state index in [4.69, 9.17) is 0 Å². The molecule has 0 atom stereocenters. The molecule has 0 saturated carbocycles. The number of rotatable bonds is 6. The van der Waals surface area contributed by atoms with Crippen molar-refractivity contribution in [2.45, 2.75) is 36.8 Å². The Morgan fingerprint density at radius 1 is 1.04 bits per heavy atom. The molecule has 26 heavy (non-hydrogen) atoms. The Bertz CT molecular complexity index is 836. The van der Waals surface area contributed by atoms with Gasteiger partial charge in [-0.3, -0.25) is 4.79 Å². The first-order valence-corrected chi connectivity index (χ1v) is 12.1. The highest BCUT2D eigenvalue weighted by atomic mass is 32.2. The van der Waals surface area contributed by atoms with Crippen LogP contribution >= 0.6 is 0 Å². The van der Waals surface area contributed by atoms with Crippen molar-refractivity contribution < 1.29 is 21.6 Å². The van der Waals surface area contributed by atoms with Crippen molar-refractivity contribution in [2.75, 3.05) is 32.4 Å². The molecule has 2 rings (SSSR count). The van der Waals surface area contributed by atoms with Gasteiger partial charge in [0.05, 0.1) is 10.1 Å². The number of hydrogen-bond donors (Lipinski definition) is 0. The predicted octanol–water partition coefficient (Wildman–Crippen LogP) is 1.37. The maximum Gasteiger partial charge on any atom is 0.253 e. The number of carbonyl (C=O) groups is 1. The van der Waals surface area contributed by atoms with Gasteiger partial charge in [-0.25, -0.2) is 16.8 Å². The van der Waals surface area contributed by atoms with E-state index in [2.05, 4.69) is 0 Å². The van der Waals surface area contributed by atoms with E-state index < -0.39 is 25.1 Å². The minimum absolute atomic E-state index is 0.161. The maximum absolute atomic E-state index is 12.6. The lowest BCUT2D eigenvalue weighted by atomic mass is 10.1. The van der Waals surface area contributed by atoms with Crippen LogP contribution in [0.3, 0.4) is 0 Å². The topological polar surface area (TPSA) is 91.8 Å². The number of sulfonamides is 1. The molecule has 0 N–H and O–H groups in total. The summed E-state index contributed by atoms with van der Waals surface area (Å²) in [5.74, 6) is -0.205. The average Bonchev–Trinajstić information content (AvgIpc) is 2.61. The zero-order valence-corrected chi connectivity index (χ0v) is 17.0. The molecular formula is C17H26N2O5S2. The summed E-state index contributed by atoms with van der Waals surface area (Å²) in [5.41, 5.74) is 0.404. The summed E-state index contributed by atoms with van der Waals surface area (Å²) >= 11 is 0. The molecule has 0 aromatic heterocycles. The molecule has 0 aliphatic carbocycles. The van der Waals surface area contributed by atoms with Gasteiger partial charge in [-0.05, 0) is 37.1 Å². The van der Waals surface area contributed by atoms with Gasteiger partial charge in [0.25, 0.3) is 5.91 Å². The first-order valence-electron chi connectivity index (χ1n) is 8.69. The SMILES string of the molecule is CCN(CC)S(=O)(=O)c1ccc(C(=O)N2CCC(S(C)(=O)=O)CC2)cc1. The van der Waals surface area contributed by atoms with Crippen LogP contribution in [0.5, 0.6) is 0 Å². The number of piperidine rings is 1. The highest BCUT2D eigenvalue weighted by molar-refractivity contribution is 7.91. The first kappa shape index (κ1) is 20.9. The molecule has 0 radical (unpaired) electrons. The summed E-state index contributed by atoms with van der Waals surface area (Å²) in [6.45, 7) is 5.09. The Morgan fingerprint density at radius 2 is 1.54 bits per heavy atom. The number of benzene rings is 1. The number of hydrogen-bond acceptors (Lipinski definition) is 5. The number of amides is 1. The van der Waals surface area contributed by atoms with Crippen LogP contribution in [0.1, 0.15) is 37.0 Å². The zero-order chi connectivity index (χ0) is 19.5. The quantitative estimate of drug-likeness (QED) is 0.717. The van der Waals surface area contributed by atoms with Crippen LogP contribution in [0.25, 0.3) is 0 Å². The summed E-state index contributed by atoms with van der Waals surface area (Å²) < 4.78 is 49.5. The van der Waals surface area contributed by atoms with Crippen LogP contribution < -0.4 is 0 Å². The third-order valence-corrected chi connectivity index (χ3v) is 8.53. The Morgan fingerprint density at radius 3 is 1.96 bits per heavy atom. The van der Waals surface area contributed by atoms with E-state index in [1.165, 1.54) is 34.8 Å². The summed E-state index contributed by atoms with van der Waals surface area (Å²) in [5, 5.41) is -0.395. The van der Waals surface area contributed by atoms with Gasteiger partial charge in [0, 0.05) is 38.0 Å². The molecule has 0 spiro atoms. The van der Waals surface area contributed by atoms with Crippen LogP contribution in [-0.2, 0) is 19.9 Å². The van der Waals surface area contributed by atoms with Crippen molar-refractivity contribution in [3.8, 4) is 0 Å². The van der Waals surface area contributed by atoms with E-state index in [1.54, 1.807) is 18.7 Å². The molecule has 1 aliphatic heterocycles. The fraction of sp³-hybridized carbons (Fsp3) is 0.588. The second kappa shape index (κ2) is 8.06. The van der Waals surface area contributed by atoms with Gasteiger partial charge in [0.2, 0.25) is 10.0 Å². The summed E-state index contributed by atoms with van der Waals surface area (Å²) in [6, 6.07) is 5.93. The zero-order valence-electron chi connectivity index (χ0n) is 15.4. The largest absolute Gasteiger partial charge is 0.339 e. The van der Waals surface area contributed by atoms with Crippen LogP contribution in [0.4, 0.5) is 0 Å². The Kier molecular flexibility index (Phi) is 6.46. The lowest BCUT2D eigenvalue weighted by molar-refractivity contribution is 0.0725. The molecule has 1 amide bonds. The Hall–Kier alpha value is -1.45. The summed E-state index contributed by atoms with van der Waals surface area (Å²) in [6.07, 6.45) is 2.09. The second-order valence-corrected chi connectivity index (χ2v) is 10.7.